The second kappa shape index (κ2) is 8.63. The summed E-state index contributed by atoms with van der Waals surface area (Å²) >= 11 is 6.09. The zero-order valence-corrected chi connectivity index (χ0v) is 17.2. The van der Waals surface area contributed by atoms with E-state index in [1.807, 2.05) is 42.5 Å². The van der Waals surface area contributed by atoms with Crippen LogP contribution in [-0.2, 0) is 22.6 Å². The Morgan fingerprint density at radius 3 is 2.32 bits per heavy atom. The maximum absolute atomic E-state index is 12.9. The van der Waals surface area contributed by atoms with Gasteiger partial charge in [-0.15, -0.1) is 0 Å². The molecule has 3 aromatic rings. The fraction of sp³-hybridized carbons (Fsp3) is 0.0833. The fourth-order valence-electron chi connectivity index (χ4n) is 3.50. The highest BCUT2D eigenvalue weighted by Gasteiger charge is 2.28. The molecule has 1 aliphatic heterocycles. The van der Waals surface area contributed by atoms with Crippen LogP contribution >= 0.6 is 11.6 Å². The number of amides is 1. The van der Waals surface area contributed by atoms with Crippen molar-refractivity contribution in [3.8, 4) is 0 Å². The van der Waals surface area contributed by atoms with Crippen molar-refractivity contribution in [2.45, 2.75) is 13.0 Å². The molecule has 0 bridgehead atoms. The zero-order chi connectivity index (χ0) is 22.0. The van der Waals surface area contributed by atoms with Gasteiger partial charge in [0.15, 0.2) is 0 Å². The molecular weight excluding hydrogens is 414 g/mol. The molecule has 7 heteroatoms. The number of hydrogen-bond donors (Lipinski definition) is 4. The number of carboxylic acids is 1. The number of nitrogens with one attached hydrogen (secondary N) is 2. The van der Waals surface area contributed by atoms with Gasteiger partial charge in [-0.3, -0.25) is 9.59 Å². The number of nitrogens with two attached hydrogens (primary N) is 1. The van der Waals surface area contributed by atoms with E-state index in [1.165, 1.54) is 0 Å². The summed E-state index contributed by atoms with van der Waals surface area (Å²) in [6.07, 6.45) is -0.0675. The molecule has 5 N–H and O–H groups in total. The maximum Gasteiger partial charge on any atom is 0.307 e. The van der Waals surface area contributed by atoms with Crippen LogP contribution in [0.25, 0.3) is 11.3 Å². The van der Waals surface area contributed by atoms with Crippen LogP contribution in [0.1, 0.15) is 22.3 Å². The predicted octanol–water partition coefficient (Wildman–Crippen LogP) is 4.36. The first kappa shape index (κ1) is 20.7. The van der Waals surface area contributed by atoms with E-state index in [2.05, 4.69) is 10.6 Å². The van der Waals surface area contributed by atoms with E-state index in [-0.39, 0.29) is 12.3 Å². The number of fused-ring (bicyclic) bond motifs is 1. The second-order valence-electron chi connectivity index (χ2n) is 7.19. The summed E-state index contributed by atoms with van der Waals surface area (Å²) in [5, 5.41) is 15.8. The number of rotatable bonds is 6. The number of aliphatic carboxylic acids is 1. The normalized spacial score (nSPS) is 14.1. The van der Waals surface area contributed by atoms with Crippen LogP contribution in [0.4, 0.5) is 11.4 Å². The van der Waals surface area contributed by atoms with Crippen molar-refractivity contribution in [3.05, 3.63) is 94.0 Å². The Balaban J connectivity index is 1.82. The molecule has 0 aliphatic carbocycles. The lowest BCUT2D eigenvalue weighted by Gasteiger charge is -2.15. The summed E-state index contributed by atoms with van der Waals surface area (Å²) in [7, 11) is 0. The molecule has 0 unspecified atom stereocenters. The Bertz CT molecular complexity index is 1190. The first-order valence-electron chi connectivity index (χ1n) is 9.67. The van der Waals surface area contributed by atoms with Crippen LogP contribution in [0.2, 0.25) is 5.02 Å². The standard InChI is InChI=1S/C24H20ClN3O3/c25-17-7-10-19-20(12-17)28-24(31)22(19)23(27-18-8-3-15(13-26)4-9-18)16-5-1-14(2-6-16)11-21(29)30/h1-10,12,27H,11,13,26H2,(H,28,31)(H,29,30)/b23-22-. The smallest absolute Gasteiger partial charge is 0.307 e. The number of hydrogen-bond acceptors (Lipinski definition) is 4. The highest BCUT2D eigenvalue weighted by molar-refractivity contribution is 6.38. The van der Waals surface area contributed by atoms with E-state index in [4.69, 9.17) is 22.4 Å². The van der Waals surface area contributed by atoms with E-state index in [0.29, 0.717) is 34.1 Å². The molecule has 0 saturated heterocycles. The lowest BCUT2D eigenvalue weighted by atomic mass is 9.98. The SMILES string of the molecule is NCc1ccc(N/C(=C2\C(=O)Nc3cc(Cl)ccc32)c2ccc(CC(=O)O)cc2)cc1. The van der Waals surface area contributed by atoms with E-state index >= 15 is 0 Å². The molecule has 0 radical (unpaired) electrons. The molecule has 0 aromatic heterocycles. The molecular formula is C24H20ClN3O3. The molecule has 0 spiro atoms. The topological polar surface area (TPSA) is 104 Å². The predicted molar refractivity (Wildman–Crippen MR) is 123 cm³/mol. The van der Waals surface area contributed by atoms with Crippen molar-refractivity contribution in [2.24, 2.45) is 5.73 Å². The molecule has 1 amide bonds. The monoisotopic (exact) mass is 433 g/mol. The Morgan fingerprint density at radius 1 is 1.00 bits per heavy atom. The van der Waals surface area contributed by atoms with Crippen LogP contribution in [-0.4, -0.2) is 17.0 Å². The minimum Gasteiger partial charge on any atom is -0.481 e. The van der Waals surface area contributed by atoms with Crippen LogP contribution in [0.3, 0.4) is 0 Å². The zero-order valence-electron chi connectivity index (χ0n) is 16.5. The summed E-state index contributed by atoms with van der Waals surface area (Å²) in [5.74, 6) is -1.14. The van der Waals surface area contributed by atoms with Gasteiger partial charge in [0.25, 0.3) is 5.91 Å². The summed E-state index contributed by atoms with van der Waals surface area (Å²) in [6.45, 7) is 0.440. The summed E-state index contributed by atoms with van der Waals surface area (Å²) in [5.41, 5.74) is 11.4. The third-order valence-electron chi connectivity index (χ3n) is 5.03. The van der Waals surface area contributed by atoms with Gasteiger partial charge in [0.05, 0.1) is 23.4 Å². The van der Waals surface area contributed by atoms with Gasteiger partial charge in [-0.1, -0.05) is 54.1 Å². The number of benzene rings is 3. The fourth-order valence-corrected chi connectivity index (χ4v) is 3.68. The first-order chi connectivity index (χ1) is 14.9. The quantitative estimate of drug-likeness (QED) is 0.432. The van der Waals surface area contributed by atoms with Crippen LogP contribution in [0.5, 0.6) is 0 Å². The number of anilines is 2. The number of carbonyl (C=O) groups is 2. The molecule has 0 fully saturated rings. The van der Waals surface area contributed by atoms with E-state index < -0.39 is 5.97 Å². The van der Waals surface area contributed by atoms with Gasteiger partial charge in [0.2, 0.25) is 0 Å². The van der Waals surface area contributed by atoms with Gasteiger partial charge in [0, 0.05) is 22.8 Å². The summed E-state index contributed by atoms with van der Waals surface area (Å²) < 4.78 is 0. The summed E-state index contributed by atoms with van der Waals surface area (Å²) in [4.78, 5) is 23.9. The minimum absolute atomic E-state index is 0.0675. The van der Waals surface area contributed by atoms with Crippen LogP contribution < -0.4 is 16.4 Å². The number of carbonyl (C=O) groups excluding carboxylic acids is 1. The van der Waals surface area contributed by atoms with E-state index in [9.17, 15) is 9.59 Å². The third kappa shape index (κ3) is 4.45. The largest absolute Gasteiger partial charge is 0.481 e. The first-order valence-corrected chi connectivity index (χ1v) is 10.0. The highest BCUT2D eigenvalue weighted by atomic mass is 35.5. The molecule has 1 aliphatic rings. The van der Waals surface area contributed by atoms with Gasteiger partial charge < -0.3 is 21.5 Å². The van der Waals surface area contributed by atoms with Gasteiger partial charge in [-0.05, 0) is 41.0 Å². The van der Waals surface area contributed by atoms with Crippen molar-refractivity contribution in [1.29, 1.82) is 0 Å². The van der Waals surface area contributed by atoms with Crippen molar-refractivity contribution < 1.29 is 14.7 Å². The van der Waals surface area contributed by atoms with Gasteiger partial charge >= 0.3 is 5.97 Å². The van der Waals surface area contributed by atoms with Gasteiger partial charge in [-0.25, -0.2) is 0 Å². The van der Waals surface area contributed by atoms with Crippen LogP contribution in [0.15, 0.2) is 66.7 Å². The van der Waals surface area contributed by atoms with Crippen molar-refractivity contribution >= 4 is 46.1 Å². The Kier molecular flexibility index (Phi) is 5.75. The Hall–Kier alpha value is -3.61. The Morgan fingerprint density at radius 2 is 1.68 bits per heavy atom. The molecule has 0 atom stereocenters. The average molecular weight is 434 g/mol. The third-order valence-corrected chi connectivity index (χ3v) is 5.27. The number of halogens is 1. The molecule has 31 heavy (non-hydrogen) atoms. The van der Waals surface area contributed by atoms with Crippen molar-refractivity contribution in [1.82, 2.24) is 0 Å². The second-order valence-corrected chi connectivity index (χ2v) is 7.62. The molecule has 156 valence electrons. The molecule has 1 heterocycles. The maximum atomic E-state index is 12.9. The van der Waals surface area contributed by atoms with Crippen LogP contribution in [0, 0.1) is 0 Å². The van der Waals surface area contributed by atoms with Crippen molar-refractivity contribution in [2.75, 3.05) is 10.6 Å². The minimum atomic E-state index is -0.898. The summed E-state index contributed by atoms with van der Waals surface area (Å²) in [6, 6.07) is 20.0. The molecule has 0 saturated carbocycles. The van der Waals surface area contributed by atoms with Gasteiger partial charge in [0.1, 0.15) is 0 Å². The highest BCUT2D eigenvalue weighted by Crippen LogP contribution is 2.38. The van der Waals surface area contributed by atoms with Crippen molar-refractivity contribution in [3.63, 3.8) is 0 Å². The molecule has 6 nitrogen and oxygen atoms in total. The van der Waals surface area contributed by atoms with Gasteiger partial charge in [-0.2, -0.15) is 0 Å². The lowest BCUT2D eigenvalue weighted by molar-refractivity contribution is -0.136. The lowest BCUT2D eigenvalue weighted by Crippen LogP contribution is -2.10. The van der Waals surface area contributed by atoms with E-state index in [1.54, 1.807) is 24.3 Å². The number of carboxylic acid groups (broad SMARTS) is 1. The molecule has 4 rings (SSSR count). The van der Waals surface area contributed by atoms with E-state index in [0.717, 1.165) is 22.4 Å². The molecule has 3 aromatic carbocycles. The Labute approximate surface area is 184 Å². The average Bonchev–Trinajstić information content (AvgIpc) is 3.07.